The zero-order valence-electron chi connectivity index (χ0n) is 23.4. The van der Waals surface area contributed by atoms with Gasteiger partial charge in [-0.2, -0.15) is 10.2 Å². The molecule has 2 aliphatic rings. The fourth-order valence-electron chi connectivity index (χ4n) is 6.15. The lowest BCUT2D eigenvalue weighted by atomic mass is 10.0. The van der Waals surface area contributed by atoms with Gasteiger partial charge in [0.2, 0.25) is 0 Å². The Morgan fingerprint density at radius 1 is 1.00 bits per heavy atom. The van der Waals surface area contributed by atoms with E-state index in [1.807, 2.05) is 55.5 Å². The first-order chi connectivity index (χ1) is 19.2. The Morgan fingerprint density at radius 3 is 2.50 bits per heavy atom. The van der Waals surface area contributed by atoms with Gasteiger partial charge in [0.15, 0.2) is 0 Å². The summed E-state index contributed by atoms with van der Waals surface area (Å²) in [7, 11) is 1.94. The number of aryl methyl sites for hydroxylation is 2. The number of hydrogen-bond donors (Lipinski definition) is 1. The maximum atomic E-state index is 12.2. The van der Waals surface area contributed by atoms with Crippen LogP contribution in [0.1, 0.15) is 26.3 Å². The molecule has 3 aromatic heterocycles. The molecule has 1 aliphatic carbocycles. The number of para-hydroxylation sites is 1. The summed E-state index contributed by atoms with van der Waals surface area (Å²) in [6.45, 7) is 9.52. The second kappa shape index (κ2) is 8.81. The minimum atomic E-state index is -0.489. The van der Waals surface area contributed by atoms with Crippen LogP contribution in [0.2, 0.25) is 0 Å². The topological polar surface area (TPSA) is 90.1 Å². The first-order valence-corrected chi connectivity index (χ1v) is 13.8. The summed E-state index contributed by atoms with van der Waals surface area (Å²) in [4.78, 5) is 19.3. The molecule has 2 unspecified atom stereocenters. The number of pyridine rings is 1. The highest BCUT2D eigenvalue weighted by Gasteiger charge is 2.57. The fourth-order valence-corrected chi connectivity index (χ4v) is 6.15. The standard InChI is InChI=1S/C31H33N7O2/c1-18-8-6-10-21-28(20-9-7-11-25-22(20)15-36(5)34-25)35-38(29(18)21)19-12-13-26(32-14-19)37-16-23-24(17-37)27(23)33-30(39)40-31(2,3)4/h6-15,23-24,27H,16-17H2,1-5H3,(H,33,39). The molecule has 7 rings (SSSR count). The van der Waals surface area contributed by atoms with Crippen LogP contribution in [-0.4, -0.2) is 55.4 Å². The molecule has 1 saturated carbocycles. The van der Waals surface area contributed by atoms with E-state index in [1.54, 1.807) is 0 Å². The largest absolute Gasteiger partial charge is 0.444 e. The van der Waals surface area contributed by atoms with Crippen molar-refractivity contribution in [3.63, 3.8) is 0 Å². The van der Waals surface area contributed by atoms with E-state index >= 15 is 0 Å². The van der Waals surface area contributed by atoms with E-state index < -0.39 is 5.60 Å². The number of carbonyl (C=O) groups is 1. The number of benzene rings is 2. The van der Waals surface area contributed by atoms with Crippen molar-refractivity contribution in [3.05, 3.63) is 66.5 Å². The van der Waals surface area contributed by atoms with Crippen molar-refractivity contribution in [2.75, 3.05) is 18.0 Å². The first-order valence-electron chi connectivity index (χ1n) is 13.8. The number of amides is 1. The smallest absolute Gasteiger partial charge is 0.407 e. The Bertz CT molecular complexity index is 1750. The predicted molar refractivity (Wildman–Crippen MR) is 156 cm³/mol. The van der Waals surface area contributed by atoms with Crippen LogP contribution in [0.25, 0.3) is 38.8 Å². The van der Waals surface area contributed by atoms with Crippen LogP contribution < -0.4 is 10.2 Å². The number of carbonyl (C=O) groups excluding carboxylic acids is 1. The van der Waals surface area contributed by atoms with Gasteiger partial charge >= 0.3 is 6.09 Å². The van der Waals surface area contributed by atoms with Crippen LogP contribution in [0.5, 0.6) is 0 Å². The van der Waals surface area contributed by atoms with Gasteiger partial charge in [0.1, 0.15) is 17.1 Å². The molecule has 0 bridgehead atoms. The van der Waals surface area contributed by atoms with E-state index in [0.717, 1.165) is 63.2 Å². The highest BCUT2D eigenvalue weighted by Crippen LogP contribution is 2.46. The second-order valence-electron chi connectivity index (χ2n) is 12.1. The van der Waals surface area contributed by atoms with Crippen molar-refractivity contribution in [3.8, 4) is 16.9 Å². The van der Waals surface area contributed by atoms with Gasteiger partial charge in [0.05, 0.1) is 22.9 Å². The third-order valence-corrected chi connectivity index (χ3v) is 8.00. The Labute approximate surface area is 232 Å². The summed E-state index contributed by atoms with van der Waals surface area (Å²) in [6, 6.07) is 16.9. The van der Waals surface area contributed by atoms with Crippen molar-refractivity contribution in [1.82, 2.24) is 29.9 Å². The SMILES string of the molecule is Cc1cccc2c(-c3cccc4nn(C)cc34)nn(-c3ccc(N4CC5C(C4)C5NC(=O)OC(C)(C)C)nc3)c12. The van der Waals surface area contributed by atoms with E-state index in [4.69, 9.17) is 14.8 Å². The number of fused-ring (bicyclic) bond motifs is 3. The molecule has 9 nitrogen and oxygen atoms in total. The molecule has 4 heterocycles. The quantitative estimate of drug-likeness (QED) is 0.338. The summed E-state index contributed by atoms with van der Waals surface area (Å²) < 4.78 is 9.28. The van der Waals surface area contributed by atoms with E-state index in [2.05, 4.69) is 64.8 Å². The Morgan fingerprint density at radius 2 is 1.77 bits per heavy atom. The van der Waals surface area contributed by atoms with Gasteiger partial charge in [0.25, 0.3) is 0 Å². The summed E-state index contributed by atoms with van der Waals surface area (Å²) in [6.07, 6.45) is 3.63. The monoisotopic (exact) mass is 535 g/mol. The zero-order chi connectivity index (χ0) is 27.8. The van der Waals surface area contributed by atoms with Crippen molar-refractivity contribution < 1.29 is 9.53 Å². The van der Waals surface area contributed by atoms with Crippen LogP contribution >= 0.6 is 0 Å². The Kier molecular flexibility index (Phi) is 5.42. The molecule has 204 valence electrons. The lowest BCUT2D eigenvalue weighted by molar-refractivity contribution is 0.0518. The summed E-state index contributed by atoms with van der Waals surface area (Å²) >= 11 is 0. The molecular formula is C31H33N7O2. The van der Waals surface area contributed by atoms with Crippen LogP contribution in [0, 0.1) is 18.8 Å². The number of nitrogens with one attached hydrogen (secondary N) is 1. The van der Waals surface area contributed by atoms with Gasteiger partial charge < -0.3 is 15.0 Å². The number of piperidine rings is 1. The molecule has 1 N–H and O–H groups in total. The first kappa shape index (κ1) is 24.6. The van der Waals surface area contributed by atoms with Gasteiger partial charge in [0, 0.05) is 60.5 Å². The van der Waals surface area contributed by atoms with Crippen LogP contribution in [0.4, 0.5) is 10.6 Å². The minimum Gasteiger partial charge on any atom is -0.444 e. The molecule has 2 aromatic carbocycles. The lowest BCUT2D eigenvalue weighted by Crippen LogP contribution is -2.38. The highest BCUT2D eigenvalue weighted by atomic mass is 16.6. The molecule has 1 amide bonds. The molecule has 0 radical (unpaired) electrons. The van der Waals surface area contributed by atoms with Crippen LogP contribution in [0.15, 0.2) is 60.9 Å². The van der Waals surface area contributed by atoms with Crippen molar-refractivity contribution >= 4 is 33.7 Å². The number of hydrogen-bond acceptors (Lipinski definition) is 6. The Hall–Kier alpha value is -4.40. The van der Waals surface area contributed by atoms with Crippen LogP contribution in [-0.2, 0) is 11.8 Å². The number of ether oxygens (including phenoxy) is 1. The molecule has 2 atom stereocenters. The number of nitrogens with zero attached hydrogens (tertiary/aromatic N) is 6. The molecule has 40 heavy (non-hydrogen) atoms. The highest BCUT2D eigenvalue weighted by molar-refractivity contribution is 6.03. The van der Waals surface area contributed by atoms with E-state index in [0.29, 0.717) is 11.8 Å². The van der Waals surface area contributed by atoms with E-state index in [-0.39, 0.29) is 12.1 Å². The predicted octanol–water partition coefficient (Wildman–Crippen LogP) is 5.24. The number of anilines is 1. The lowest BCUT2D eigenvalue weighted by Gasteiger charge is -2.23. The zero-order valence-corrected chi connectivity index (χ0v) is 23.4. The van der Waals surface area contributed by atoms with Gasteiger partial charge in [-0.15, -0.1) is 0 Å². The molecule has 9 heteroatoms. The van der Waals surface area contributed by atoms with E-state index in [1.165, 1.54) is 0 Å². The third kappa shape index (κ3) is 4.16. The molecule has 2 fully saturated rings. The number of rotatable bonds is 4. The number of alkyl carbamates (subject to hydrolysis) is 1. The van der Waals surface area contributed by atoms with E-state index in [9.17, 15) is 4.79 Å². The second-order valence-corrected chi connectivity index (χ2v) is 12.1. The van der Waals surface area contributed by atoms with Gasteiger partial charge in [-0.05, 0) is 51.5 Å². The molecule has 1 aliphatic heterocycles. The Balaban J connectivity index is 1.14. The number of aromatic nitrogens is 5. The summed E-state index contributed by atoms with van der Waals surface area (Å²) in [5.74, 6) is 1.81. The third-order valence-electron chi connectivity index (χ3n) is 8.00. The molecule has 0 spiro atoms. The molecule has 5 aromatic rings. The van der Waals surface area contributed by atoms with Crippen molar-refractivity contribution in [1.29, 1.82) is 0 Å². The van der Waals surface area contributed by atoms with Gasteiger partial charge in [-0.3, -0.25) is 4.68 Å². The van der Waals surface area contributed by atoms with Crippen LogP contribution in [0.3, 0.4) is 0 Å². The fraction of sp³-hybridized carbons (Fsp3) is 0.355. The minimum absolute atomic E-state index is 0.187. The van der Waals surface area contributed by atoms with Crippen molar-refractivity contribution in [2.24, 2.45) is 18.9 Å². The summed E-state index contributed by atoms with van der Waals surface area (Å²) in [5.41, 5.74) is 5.61. The normalized spacial score (nSPS) is 20.2. The maximum absolute atomic E-state index is 12.2. The van der Waals surface area contributed by atoms with Crippen molar-refractivity contribution in [2.45, 2.75) is 39.3 Å². The van der Waals surface area contributed by atoms with Gasteiger partial charge in [-0.1, -0.05) is 30.3 Å². The molecular weight excluding hydrogens is 502 g/mol. The molecule has 1 saturated heterocycles. The van der Waals surface area contributed by atoms with Gasteiger partial charge in [-0.25, -0.2) is 14.5 Å². The maximum Gasteiger partial charge on any atom is 0.407 e. The average molecular weight is 536 g/mol. The average Bonchev–Trinajstić information content (AvgIpc) is 3.31. The summed E-state index contributed by atoms with van der Waals surface area (Å²) in [5, 5.41) is 14.9.